The number of rotatable bonds is 3. The Balaban J connectivity index is 1.41. The van der Waals surface area contributed by atoms with Crippen molar-refractivity contribution in [1.82, 2.24) is 15.8 Å². The molecule has 0 aromatic heterocycles. The van der Waals surface area contributed by atoms with Crippen LogP contribution in [0.1, 0.15) is 62.1 Å². The molecule has 1 aromatic carbocycles. The number of benzene rings is 1. The largest absolute Gasteiger partial charge is 0.344 e. The van der Waals surface area contributed by atoms with Crippen molar-refractivity contribution >= 4 is 17.8 Å². The van der Waals surface area contributed by atoms with Gasteiger partial charge in [-0.1, -0.05) is 25.1 Å². The number of hydrogen-bond donors (Lipinski definition) is 2. The topological polar surface area (TPSA) is 78.5 Å². The highest BCUT2D eigenvalue weighted by molar-refractivity contribution is 6.08. The van der Waals surface area contributed by atoms with Crippen molar-refractivity contribution in [3.05, 3.63) is 34.9 Å². The molecule has 0 atom stereocenters. The number of fused-ring (bicyclic) bond motifs is 1. The summed E-state index contributed by atoms with van der Waals surface area (Å²) in [4.78, 5) is 37.6. The summed E-state index contributed by atoms with van der Waals surface area (Å²) >= 11 is 0. The second kappa shape index (κ2) is 6.98. The van der Waals surface area contributed by atoms with E-state index in [1.807, 2.05) is 6.07 Å². The van der Waals surface area contributed by atoms with Crippen LogP contribution in [-0.2, 0) is 28.9 Å². The molecule has 2 aliphatic carbocycles. The number of urea groups is 1. The SMILES string of the molecule is CC1CCC2(CC1)NC(=O)N(NC(=O)Cc1ccc3c(c1)CCCC3)C2=O. The number of carbonyl (C=O) groups is 3. The fourth-order valence-electron chi connectivity index (χ4n) is 4.56. The number of imide groups is 1. The van der Waals surface area contributed by atoms with E-state index in [-0.39, 0.29) is 18.2 Å². The summed E-state index contributed by atoms with van der Waals surface area (Å²) in [6, 6.07) is 5.64. The minimum Gasteiger partial charge on any atom is -0.322 e. The summed E-state index contributed by atoms with van der Waals surface area (Å²) in [5.41, 5.74) is 5.29. The fraction of sp³-hybridized carbons (Fsp3) is 0.571. The number of carbonyl (C=O) groups excluding carboxylic acids is 3. The van der Waals surface area contributed by atoms with Gasteiger partial charge in [0.25, 0.3) is 5.91 Å². The van der Waals surface area contributed by atoms with E-state index in [4.69, 9.17) is 0 Å². The van der Waals surface area contributed by atoms with Gasteiger partial charge in [0.05, 0.1) is 6.42 Å². The van der Waals surface area contributed by atoms with Crippen molar-refractivity contribution in [2.75, 3.05) is 0 Å². The summed E-state index contributed by atoms with van der Waals surface area (Å²) in [5, 5.41) is 3.71. The molecule has 0 bridgehead atoms. The van der Waals surface area contributed by atoms with Gasteiger partial charge in [-0.15, -0.1) is 0 Å². The molecule has 1 saturated heterocycles. The Hall–Kier alpha value is -2.37. The number of hydrazine groups is 1. The van der Waals surface area contributed by atoms with E-state index in [0.29, 0.717) is 18.8 Å². The third-order valence-electron chi connectivity index (χ3n) is 6.30. The van der Waals surface area contributed by atoms with Crippen LogP contribution < -0.4 is 10.7 Å². The first-order chi connectivity index (χ1) is 13.0. The normalized spacial score (nSPS) is 27.4. The molecule has 1 spiro atoms. The zero-order valence-electron chi connectivity index (χ0n) is 15.8. The number of aryl methyl sites for hydroxylation is 2. The highest BCUT2D eigenvalue weighted by Crippen LogP contribution is 2.35. The molecule has 4 amide bonds. The van der Waals surface area contributed by atoms with Crippen LogP contribution in [0.3, 0.4) is 0 Å². The van der Waals surface area contributed by atoms with Gasteiger partial charge in [-0.3, -0.25) is 15.0 Å². The molecule has 144 valence electrons. The molecule has 6 nitrogen and oxygen atoms in total. The van der Waals surface area contributed by atoms with Gasteiger partial charge in [0, 0.05) is 0 Å². The van der Waals surface area contributed by atoms with E-state index in [9.17, 15) is 14.4 Å². The molecule has 0 radical (unpaired) electrons. The lowest BCUT2D eigenvalue weighted by Gasteiger charge is -2.33. The van der Waals surface area contributed by atoms with Gasteiger partial charge in [-0.2, -0.15) is 5.01 Å². The summed E-state index contributed by atoms with van der Waals surface area (Å²) < 4.78 is 0. The first-order valence-corrected chi connectivity index (χ1v) is 10.0. The van der Waals surface area contributed by atoms with E-state index >= 15 is 0 Å². The van der Waals surface area contributed by atoms with Crippen LogP contribution in [0.25, 0.3) is 0 Å². The number of nitrogens with zero attached hydrogens (tertiary/aromatic N) is 1. The first kappa shape index (κ1) is 18.0. The van der Waals surface area contributed by atoms with Gasteiger partial charge in [-0.05, 0) is 74.0 Å². The Morgan fingerprint density at radius 1 is 1.19 bits per heavy atom. The molecule has 1 aromatic rings. The Kier molecular flexibility index (Phi) is 4.66. The maximum Gasteiger partial charge on any atom is 0.344 e. The predicted molar refractivity (Wildman–Crippen MR) is 101 cm³/mol. The van der Waals surface area contributed by atoms with E-state index in [1.54, 1.807) is 0 Å². The van der Waals surface area contributed by atoms with Crippen LogP contribution in [0.4, 0.5) is 4.79 Å². The van der Waals surface area contributed by atoms with Gasteiger partial charge in [0.2, 0.25) is 5.91 Å². The number of amides is 4. The third kappa shape index (κ3) is 3.45. The van der Waals surface area contributed by atoms with Gasteiger partial charge in [0.15, 0.2) is 0 Å². The minimum absolute atomic E-state index is 0.161. The zero-order valence-corrected chi connectivity index (χ0v) is 15.8. The Morgan fingerprint density at radius 3 is 2.63 bits per heavy atom. The zero-order chi connectivity index (χ0) is 19.0. The van der Waals surface area contributed by atoms with Crippen molar-refractivity contribution < 1.29 is 14.4 Å². The first-order valence-electron chi connectivity index (χ1n) is 10.0. The van der Waals surface area contributed by atoms with Crippen LogP contribution in [0.15, 0.2) is 18.2 Å². The van der Waals surface area contributed by atoms with Crippen molar-refractivity contribution in [3.63, 3.8) is 0 Å². The van der Waals surface area contributed by atoms with Gasteiger partial charge < -0.3 is 5.32 Å². The Bertz CT molecular complexity index is 781. The van der Waals surface area contributed by atoms with Crippen molar-refractivity contribution in [3.8, 4) is 0 Å². The lowest BCUT2D eigenvalue weighted by Crippen LogP contribution is -2.51. The van der Waals surface area contributed by atoms with Gasteiger partial charge in [-0.25, -0.2) is 4.79 Å². The lowest BCUT2D eigenvalue weighted by molar-refractivity contribution is -0.139. The van der Waals surface area contributed by atoms with Crippen molar-refractivity contribution in [1.29, 1.82) is 0 Å². The summed E-state index contributed by atoms with van der Waals surface area (Å²) in [5.74, 6) is -0.0957. The molecule has 1 aliphatic heterocycles. The standard InChI is InChI=1S/C21H27N3O3/c1-14-8-10-21(11-9-14)19(26)24(20(27)22-21)23-18(25)13-15-6-7-16-4-2-3-5-17(16)12-15/h6-7,12,14H,2-5,8-11,13H2,1H3,(H,22,27)(H,23,25). The average molecular weight is 369 g/mol. The highest BCUT2D eigenvalue weighted by Gasteiger charge is 2.52. The molecule has 1 saturated carbocycles. The van der Waals surface area contributed by atoms with Crippen molar-refractivity contribution in [2.45, 2.75) is 70.3 Å². The molecular weight excluding hydrogens is 342 g/mol. The summed E-state index contributed by atoms with van der Waals surface area (Å²) in [6.07, 6.45) is 7.81. The quantitative estimate of drug-likeness (QED) is 0.804. The molecular formula is C21H27N3O3. The minimum atomic E-state index is -0.831. The van der Waals surface area contributed by atoms with Gasteiger partial charge >= 0.3 is 6.03 Å². The smallest absolute Gasteiger partial charge is 0.322 e. The highest BCUT2D eigenvalue weighted by atomic mass is 16.2. The third-order valence-corrected chi connectivity index (χ3v) is 6.30. The van der Waals surface area contributed by atoms with Crippen LogP contribution in [0.5, 0.6) is 0 Å². The van der Waals surface area contributed by atoms with E-state index in [0.717, 1.165) is 36.3 Å². The van der Waals surface area contributed by atoms with Gasteiger partial charge in [0.1, 0.15) is 5.54 Å². The second-order valence-electron chi connectivity index (χ2n) is 8.36. The molecule has 4 rings (SSSR count). The summed E-state index contributed by atoms with van der Waals surface area (Å²) in [6.45, 7) is 2.16. The maximum atomic E-state index is 12.8. The van der Waals surface area contributed by atoms with E-state index in [2.05, 4.69) is 29.8 Å². The second-order valence-corrected chi connectivity index (χ2v) is 8.36. The number of nitrogens with one attached hydrogen (secondary N) is 2. The number of hydrogen-bond acceptors (Lipinski definition) is 3. The molecule has 2 N–H and O–H groups in total. The van der Waals surface area contributed by atoms with Crippen LogP contribution in [0.2, 0.25) is 0 Å². The van der Waals surface area contributed by atoms with Crippen LogP contribution in [-0.4, -0.2) is 28.4 Å². The monoisotopic (exact) mass is 369 g/mol. The summed E-state index contributed by atoms with van der Waals surface area (Å²) in [7, 11) is 0. The Labute approximate surface area is 159 Å². The molecule has 2 fully saturated rings. The lowest BCUT2D eigenvalue weighted by atomic mass is 9.77. The molecule has 6 heteroatoms. The van der Waals surface area contributed by atoms with Crippen molar-refractivity contribution in [2.24, 2.45) is 5.92 Å². The van der Waals surface area contributed by atoms with Crippen LogP contribution >= 0.6 is 0 Å². The fourth-order valence-corrected chi connectivity index (χ4v) is 4.56. The van der Waals surface area contributed by atoms with Crippen LogP contribution in [0, 0.1) is 5.92 Å². The maximum absolute atomic E-state index is 12.8. The van der Waals surface area contributed by atoms with E-state index in [1.165, 1.54) is 24.0 Å². The molecule has 0 unspecified atom stereocenters. The Morgan fingerprint density at radius 2 is 1.89 bits per heavy atom. The molecule has 1 heterocycles. The average Bonchev–Trinajstić information content (AvgIpc) is 2.88. The molecule has 27 heavy (non-hydrogen) atoms. The molecule has 3 aliphatic rings. The van der Waals surface area contributed by atoms with E-state index < -0.39 is 11.6 Å². The predicted octanol–water partition coefficient (Wildman–Crippen LogP) is 2.64.